The number of benzene rings is 1. The zero-order valence-electron chi connectivity index (χ0n) is 15.0. The molecule has 1 aromatic rings. The van der Waals surface area contributed by atoms with Crippen molar-refractivity contribution in [3.63, 3.8) is 0 Å². The van der Waals surface area contributed by atoms with Gasteiger partial charge < -0.3 is 10.1 Å². The lowest BCUT2D eigenvalue weighted by molar-refractivity contribution is -0.147. The number of hydrogen-bond donors (Lipinski definition) is 1. The summed E-state index contributed by atoms with van der Waals surface area (Å²) in [5.41, 5.74) is 0.600. The zero-order chi connectivity index (χ0) is 19.7. The van der Waals surface area contributed by atoms with Gasteiger partial charge in [0.2, 0.25) is 10.0 Å². The van der Waals surface area contributed by atoms with Crippen LogP contribution in [0.4, 0.5) is 0 Å². The highest BCUT2D eigenvalue weighted by Crippen LogP contribution is 2.21. The molecule has 1 saturated heterocycles. The first-order chi connectivity index (χ1) is 12.9. The summed E-state index contributed by atoms with van der Waals surface area (Å²) in [6, 6.07) is 8.01. The molecule has 1 fully saturated rings. The largest absolute Gasteiger partial charge is 0.455 e. The lowest BCUT2D eigenvalue weighted by atomic mass is 10.1. The zero-order valence-corrected chi connectivity index (χ0v) is 15.8. The van der Waals surface area contributed by atoms with E-state index in [1.165, 1.54) is 16.4 Å². The van der Waals surface area contributed by atoms with E-state index in [2.05, 4.69) is 5.32 Å². The summed E-state index contributed by atoms with van der Waals surface area (Å²) in [4.78, 5) is 23.4. The Morgan fingerprint density at radius 3 is 2.44 bits per heavy atom. The molecule has 8 nitrogen and oxygen atoms in total. The number of ether oxygens (including phenoxy) is 1. The monoisotopic (exact) mass is 393 g/mol. The summed E-state index contributed by atoms with van der Waals surface area (Å²) in [7, 11) is -3.50. The van der Waals surface area contributed by atoms with Gasteiger partial charge in [-0.2, -0.15) is 9.57 Å². The fourth-order valence-electron chi connectivity index (χ4n) is 2.71. The maximum atomic E-state index is 12.6. The van der Waals surface area contributed by atoms with Gasteiger partial charge in [-0.3, -0.25) is 9.59 Å². The van der Waals surface area contributed by atoms with E-state index in [-0.39, 0.29) is 24.3 Å². The van der Waals surface area contributed by atoms with Crippen molar-refractivity contribution in [1.82, 2.24) is 9.62 Å². The first-order valence-corrected chi connectivity index (χ1v) is 10.3. The topological polar surface area (TPSA) is 117 Å². The van der Waals surface area contributed by atoms with E-state index in [0.717, 1.165) is 19.3 Å². The number of piperidine rings is 1. The summed E-state index contributed by atoms with van der Waals surface area (Å²) in [6.07, 6.45) is 2.91. The Bertz CT molecular complexity index is 793. The van der Waals surface area contributed by atoms with Gasteiger partial charge in [-0.15, -0.1) is 0 Å². The SMILES string of the molecule is N#CCCNC(=O)COC(=O)Cc1ccc(S(=O)(=O)N2CCCCC2)cc1. The van der Waals surface area contributed by atoms with Gasteiger partial charge in [0.1, 0.15) is 0 Å². The van der Waals surface area contributed by atoms with Crippen LogP contribution in [0.1, 0.15) is 31.2 Å². The molecule has 0 unspecified atom stereocenters. The van der Waals surface area contributed by atoms with Crippen molar-refractivity contribution >= 4 is 21.9 Å². The fourth-order valence-corrected chi connectivity index (χ4v) is 4.22. The number of carbonyl (C=O) groups excluding carboxylic acids is 2. The molecule has 9 heteroatoms. The average Bonchev–Trinajstić information content (AvgIpc) is 2.68. The molecule has 1 N–H and O–H groups in total. The number of sulfonamides is 1. The number of esters is 1. The number of nitrogens with zero attached hydrogens (tertiary/aromatic N) is 2. The first kappa shape index (κ1) is 20.9. The number of nitriles is 1. The van der Waals surface area contributed by atoms with Crippen LogP contribution in [0.25, 0.3) is 0 Å². The van der Waals surface area contributed by atoms with Crippen molar-refractivity contribution in [1.29, 1.82) is 5.26 Å². The highest BCUT2D eigenvalue weighted by Gasteiger charge is 2.25. The second kappa shape index (κ2) is 10.0. The van der Waals surface area contributed by atoms with Gasteiger partial charge in [-0.1, -0.05) is 18.6 Å². The highest BCUT2D eigenvalue weighted by atomic mass is 32.2. The Kier molecular flexibility index (Phi) is 7.76. The van der Waals surface area contributed by atoms with E-state index in [0.29, 0.717) is 18.7 Å². The second-order valence-electron chi connectivity index (χ2n) is 6.20. The fraction of sp³-hybridized carbons (Fsp3) is 0.500. The first-order valence-electron chi connectivity index (χ1n) is 8.82. The molecule has 1 aromatic carbocycles. The number of carbonyl (C=O) groups is 2. The van der Waals surface area contributed by atoms with Crippen LogP contribution in [0, 0.1) is 11.3 Å². The lowest BCUT2D eigenvalue weighted by Gasteiger charge is -2.25. The van der Waals surface area contributed by atoms with Crippen LogP contribution in [0.2, 0.25) is 0 Å². The van der Waals surface area contributed by atoms with Crippen LogP contribution in [0.3, 0.4) is 0 Å². The summed E-state index contributed by atoms with van der Waals surface area (Å²) < 4.78 is 31.5. The second-order valence-corrected chi connectivity index (χ2v) is 8.14. The Balaban J connectivity index is 1.85. The van der Waals surface area contributed by atoms with Gasteiger partial charge in [-0.05, 0) is 30.5 Å². The van der Waals surface area contributed by atoms with Crippen molar-refractivity contribution in [3.8, 4) is 6.07 Å². The number of hydrogen-bond acceptors (Lipinski definition) is 6. The third kappa shape index (κ3) is 6.34. The predicted octanol–water partition coefficient (Wildman–Crippen LogP) is 0.977. The molecule has 1 aliphatic heterocycles. The van der Waals surface area contributed by atoms with Gasteiger partial charge in [0.15, 0.2) is 6.61 Å². The number of nitrogens with one attached hydrogen (secondary N) is 1. The Morgan fingerprint density at radius 2 is 1.81 bits per heavy atom. The number of amides is 1. The van der Waals surface area contributed by atoms with Crippen LogP contribution in [-0.2, 0) is 30.8 Å². The molecule has 0 bridgehead atoms. The normalized spacial score (nSPS) is 14.9. The molecule has 0 aliphatic carbocycles. The van der Waals surface area contributed by atoms with Gasteiger partial charge in [0.05, 0.1) is 23.8 Å². The van der Waals surface area contributed by atoms with Crippen molar-refractivity contribution in [2.75, 3.05) is 26.2 Å². The third-order valence-corrected chi connectivity index (χ3v) is 6.06. The van der Waals surface area contributed by atoms with E-state index >= 15 is 0 Å². The minimum absolute atomic E-state index is 0.0600. The maximum absolute atomic E-state index is 12.6. The average molecular weight is 393 g/mol. The lowest BCUT2D eigenvalue weighted by Crippen LogP contribution is -2.35. The molecule has 0 spiro atoms. The molecular weight excluding hydrogens is 370 g/mol. The maximum Gasteiger partial charge on any atom is 0.310 e. The third-order valence-electron chi connectivity index (χ3n) is 4.15. The number of rotatable bonds is 8. The molecule has 27 heavy (non-hydrogen) atoms. The van der Waals surface area contributed by atoms with Gasteiger partial charge in [0.25, 0.3) is 5.91 Å². The minimum atomic E-state index is -3.50. The Hall–Kier alpha value is -2.44. The summed E-state index contributed by atoms with van der Waals surface area (Å²) in [5, 5.41) is 10.8. The molecule has 2 rings (SSSR count). The predicted molar refractivity (Wildman–Crippen MR) is 97.0 cm³/mol. The van der Waals surface area contributed by atoms with E-state index in [1.54, 1.807) is 12.1 Å². The molecule has 0 aromatic heterocycles. The van der Waals surface area contributed by atoms with Crippen molar-refractivity contribution < 1.29 is 22.7 Å². The van der Waals surface area contributed by atoms with E-state index in [1.807, 2.05) is 6.07 Å². The minimum Gasteiger partial charge on any atom is -0.455 e. The van der Waals surface area contributed by atoms with E-state index in [4.69, 9.17) is 10.00 Å². The summed E-state index contributed by atoms with van der Waals surface area (Å²) in [5.74, 6) is -1.06. The molecular formula is C18H23N3O5S. The molecule has 0 atom stereocenters. The quantitative estimate of drug-likeness (QED) is 0.520. The standard InChI is InChI=1S/C18H23N3O5S/c19-9-4-10-20-17(22)14-26-18(23)13-15-5-7-16(8-6-15)27(24,25)21-11-2-1-3-12-21/h5-8H,1-4,10-14H2,(H,20,22). The molecule has 0 radical (unpaired) electrons. The smallest absolute Gasteiger partial charge is 0.310 e. The molecule has 1 amide bonds. The molecule has 0 saturated carbocycles. The van der Waals surface area contributed by atoms with Crippen molar-refractivity contribution in [2.24, 2.45) is 0 Å². The molecule has 146 valence electrons. The summed E-state index contributed by atoms with van der Waals surface area (Å²) in [6.45, 7) is 0.866. The van der Waals surface area contributed by atoms with Crippen molar-refractivity contribution in [2.45, 2.75) is 37.0 Å². The van der Waals surface area contributed by atoms with Crippen LogP contribution in [0.5, 0.6) is 0 Å². The molecule has 1 heterocycles. The Morgan fingerprint density at radius 1 is 1.15 bits per heavy atom. The summed E-state index contributed by atoms with van der Waals surface area (Å²) >= 11 is 0. The van der Waals surface area contributed by atoms with Crippen LogP contribution in [0.15, 0.2) is 29.2 Å². The van der Waals surface area contributed by atoms with E-state index < -0.39 is 28.5 Å². The highest BCUT2D eigenvalue weighted by molar-refractivity contribution is 7.89. The van der Waals surface area contributed by atoms with Gasteiger partial charge in [-0.25, -0.2) is 8.42 Å². The molecule has 1 aliphatic rings. The van der Waals surface area contributed by atoms with Crippen LogP contribution in [-0.4, -0.2) is 50.8 Å². The van der Waals surface area contributed by atoms with E-state index in [9.17, 15) is 18.0 Å². The van der Waals surface area contributed by atoms with Gasteiger partial charge >= 0.3 is 5.97 Å². The Labute approximate surface area is 159 Å². The van der Waals surface area contributed by atoms with Crippen molar-refractivity contribution in [3.05, 3.63) is 29.8 Å². The van der Waals surface area contributed by atoms with Gasteiger partial charge in [0, 0.05) is 19.6 Å². The van der Waals surface area contributed by atoms with Crippen LogP contribution >= 0.6 is 0 Å². The van der Waals surface area contributed by atoms with Crippen LogP contribution < -0.4 is 5.32 Å².